The molecule has 4 heterocycles. The lowest BCUT2D eigenvalue weighted by molar-refractivity contribution is -0.0220. The number of carbonyl (C=O) groups excluding carboxylic acids is 1. The van der Waals surface area contributed by atoms with Crippen molar-refractivity contribution in [2.45, 2.75) is 51.0 Å². The van der Waals surface area contributed by atoms with Crippen LogP contribution in [0.3, 0.4) is 0 Å². The number of nitrogens with one attached hydrogen (secondary N) is 1. The Hall–Kier alpha value is -2.01. The summed E-state index contributed by atoms with van der Waals surface area (Å²) in [6.45, 7) is 5.25. The molecule has 0 aliphatic carbocycles. The quantitative estimate of drug-likeness (QED) is 0.349. The Labute approximate surface area is 215 Å². The van der Waals surface area contributed by atoms with Crippen LogP contribution in [0.1, 0.15) is 65.9 Å². The first-order valence-electron chi connectivity index (χ1n) is 11.5. The van der Waals surface area contributed by atoms with Crippen molar-refractivity contribution in [1.82, 2.24) is 10.3 Å². The molecule has 2 aliphatic rings. The van der Waals surface area contributed by atoms with Gasteiger partial charge in [-0.15, -0.1) is 11.3 Å². The molecule has 2 aromatic heterocycles. The number of hydrogen-bond acceptors (Lipinski definition) is 5. The molecule has 0 bridgehead atoms. The Morgan fingerprint density at radius 3 is 2.76 bits per heavy atom. The minimum atomic E-state index is -2.61. The summed E-state index contributed by atoms with van der Waals surface area (Å²) in [6.07, 6.45) is 2.17. The van der Waals surface area contributed by atoms with E-state index in [4.69, 9.17) is 9.72 Å². The lowest BCUT2D eigenvalue weighted by atomic mass is 9.99. The maximum Gasteiger partial charge on any atom is 0.262 e. The smallest absolute Gasteiger partial charge is 0.262 e. The molecule has 1 atom stereocenters. The van der Waals surface area contributed by atoms with Gasteiger partial charge in [-0.1, -0.05) is 32.0 Å². The molecule has 0 unspecified atom stereocenters. The molecule has 0 radical (unpaired) electrons. The van der Waals surface area contributed by atoms with Crippen LogP contribution in [0.5, 0.6) is 5.75 Å². The number of piperidine rings is 1. The van der Waals surface area contributed by atoms with Crippen LogP contribution in [0, 0.1) is 3.57 Å². The van der Waals surface area contributed by atoms with E-state index in [1.54, 1.807) is 6.20 Å². The lowest BCUT2D eigenvalue weighted by Gasteiger charge is -2.34. The van der Waals surface area contributed by atoms with E-state index in [0.717, 1.165) is 36.4 Å². The van der Waals surface area contributed by atoms with Gasteiger partial charge in [-0.05, 0) is 34.6 Å². The predicted octanol–water partition coefficient (Wildman–Crippen LogP) is 6.51. The topological polar surface area (TPSA) is 54.5 Å². The molecule has 1 saturated heterocycles. The molecule has 1 fully saturated rings. The summed E-state index contributed by atoms with van der Waals surface area (Å²) in [5.41, 5.74) is 3.61. The summed E-state index contributed by atoms with van der Waals surface area (Å²) in [7, 11) is 0. The number of aromatic nitrogens is 1. The van der Waals surface area contributed by atoms with Crippen molar-refractivity contribution >= 4 is 55.7 Å². The zero-order valence-corrected chi connectivity index (χ0v) is 22.0. The largest absolute Gasteiger partial charge is 0.493 e. The average Bonchev–Trinajstić information content (AvgIpc) is 3.20. The fourth-order valence-corrected chi connectivity index (χ4v) is 7.11. The van der Waals surface area contributed by atoms with E-state index < -0.39 is 5.92 Å². The molecule has 0 spiro atoms. The van der Waals surface area contributed by atoms with Gasteiger partial charge in [0.05, 0.1) is 37.0 Å². The van der Waals surface area contributed by atoms with Crippen molar-refractivity contribution in [3.63, 3.8) is 0 Å². The first kappa shape index (κ1) is 23.7. The van der Waals surface area contributed by atoms with Gasteiger partial charge in [0, 0.05) is 49.7 Å². The van der Waals surface area contributed by atoms with Crippen LogP contribution < -0.4 is 15.0 Å². The van der Waals surface area contributed by atoms with E-state index in [0.29, 0.717) is 17.9 Å². The lowest BCUT2D eigenvalue weighted by Crippen LogP contribution is -2.39. The van der Waals surface area contributed by atoms with Gasteiger partial charge in [-0.3, -0.25) is 9.78 Å². The molecular formula is C25H26F2IN3O2S. The standard InChI is InChI=1S/C25H26F2IN3O2S/c1-14(2)19-20-23(21(16(28)13-29-20)31-10-8-25(26,27)9-11-31)34-22(19)24(32)30-17-7-12-33-18-6-4-3-5-15(17)18/h3-6,13-14,17H,7-12H2,1-2H3,(H,30,32)/t17-/m0/s1. The molecular weight excluding hydrogens is 571 g/mol. The molecule has 9 heteroatoms. The summed E-state index contributed by atoms with van der Waals surface area (Å²) >= 11 is 3.65. The Morgan fingerprint density at radius 2 is 2.03 bits per heavy atom. The van der Waals surface area contributed by atoms with Crippen LogP contribution in [0.4, 0.5) is 14.5 Å². The molecule has 3 aromatic rings. The average molecular weight is 597 g/mol. The van der Waals surface area contributed by atoms with Crippen LogP contribution in [-0.2, 0) is 0 Å². The van der Waals surface area contributed by atoms with Crippen LogP contribution in [0.15, 0.2) is 30.5 Å². The number of amides is 1. The zero-order valence-electron chi connectivity index (χ0n) is 19.0. The van der Waals surface area contributed by atoms with Gasteiger partial charge in [-0.25, -0.2) is 8.78 Å². The van der Waals surface area contributed by atoms with Gasteiger partial charge < -0.3 is 15.0 Å². The number of hydrogen-bond donors (Lipinski definition) is 1. The Balaban J connectivity index is 1.53. The van der Waals surface area contributed by atoms with Crippen LogP contribution >= 0.6 is 33.9 Å². The molecule has 1 amide bonds. The van der Waals surface area contributed by atoms with Crippen molar-refractivity contribution in [1.29, 1.82) is 0 Å². The number of halogens is 3. The van der Waals surface area contributed by atoms with Crippen LogP contribution in [-0.4, -0.2) is 36.5 Å². The van der Waals surface area contributed by atoms with E-state index >= 15 is 0 Å². The number of para-hydroxylation sites is 1. The number of nitrogens with zero attached hydrogens (tertiary/aromatic N) is 2. The molecule has 5 nitrogen and oxygen atoms in total. The van der Waals surface area contributed by atoms with Crippen molar-refractivity contribution in [3.05, 3.63) is 50.0 Å². The second-order valence-corrected chi connectivity index (χ2v) is 11.4. The Kier molecular flexibility index (Phi) is 6.43. The third-order valence-corrected chi connectivity index (χ3v) is 8.52. The fourth-order valence-electron chi connectivity index (χ4n) is 4.79. The van der Waals surface area contributed by atoms with Gasteiger partial charge in [0.15, 0.2) is 0 Å². The number of rotatable bonds is 4. The van der Waals surface area contributed by atoms with Gasteiger partial charge in [-0.2, -0.15) is 0 Å². The van der Waals surface area contributed by atoms with Crippen molar-refractivity contribution in [2.24, 2.45) is 0 Å². The van der Waals surface area contributed by atoms with E-state index in [-0.39, 0.29) is 43.8 Å². The summed E-state index contributed by atoms with van der Waals surface area (Å²) in [5, 5.41) is 3.22. The molecule has 2 aliphatic heterocycles. The minimum Gasteiger partial charge on any atom is -0.493 e. The first-order valence-corrected chi connectivity index (χ1v) is 13.4. The highest BCUT2D eigenvalue weighted by molar-refractivity contribution is 14.1. The normalized spacial score (nSPS) is 19.7. The number of anilines is 1. The molecule has 34 heavy (non-hydrogen) atoms. The van der Waals surface area contributed by atoms with E-state index in [2.05, 4.69) is 41.8 Å². The van der Waals surface area contributed by atoms with Crippen LogP contribution in [0.2, 0.25) is 0 Å². The van der Waals surface area contributed by atoms with Gasteiger partial charge in [0.1, 0.15) is 5.75 Å². The maximum absolute atomic E-state index is 13.8. The summed E-state index contributed by atoms with van der Waals surface area (Å²) in [6, 6.07) is 7.66. The molecule has 1 aromatic carbocycles. The second-order valence-electron chi connectivity index (χ2n) is 9.18. The number of fused-ring (bicyclic) bond motifs is 2. The van der Waals surface area contributed by atoms with Gasteiger partial charge in [0.25, 0.3) is 11.8 Å². The van der Waals surface area contributed by atoms with Gasteiger partial charge >= 0.3 is 0 Å². The summed E-state index contributed by atoms with van der Waals surface area (Å²) in [5.74, 6) is -1.85. The molecule has 5 rings (SSSR count). The number of carbonyl (C=O) groups is 1. The maximum atomic E-state index is 13.8. The SMILES string of the molecule is CC(C)c1c(C(=O)N[C@H]2CCOc3ccccc32)sc2c(N3CCC(F)(F)CC3)c(I)cnc12. The highest BCUT2D eigenvalue weighted by atomic mass is 127. The number of thiophene rings is 1. The minimum absolute atomic E-state index is 0.0857. The van der Waals surface area contributed by atoms with E-state index in [1.807, 2.05) is 29.2 Å². The third-order valence-electron chi connectivity index (χ3n) is 6.53. The monoisotopic (exact) mass is 597 g/mol. The molecule has 180 valence electrons. The van der Waals surface area contributed by atoms with Crippen molar-refractivity contribution in [2.75, 3.05) is 24.6 Å². The number of alkyl halides is 2. The van der Waals surface area contributed by atoms with Crippen molar-refractivity contribution in [3.8, 4) is 5.75 Å². The second kappa shape index (κ2) is 9.22. The first-order chi connectivity index (χ1) is 16.2. The van der Waals surface area contributed by atoms with Crippen LogP contribution in [0.25, 0.3) is 10.2 Å². The third kappa shape index (κ3) is 4.36. The zero-order chi connectivity index (χ0) is 24.0. The summed E-state index contributed by atoms with van der Waals surface area (Å²) < 4.78 is 35.2. The number of ether oxygens (including phenoxy) is 1. The Morgan fingerprint density at radius 1 is 1.29 bits per heavy atom. The highest BCUT2D eigenvalue weighted by Gasteiger charge is 2.36. The van der Waals surface area contributed by atoms with Gasteiger partial charge in [0.2, 0.25) is 0 Å². The molecule has 0 saturated carbocycles. The van der Waals surface area contributed by atoms with E-state index in [1.165, 1.54) is 11.3 Å². The van der Waals surface area contributed by atoms with Crippen molar-refractivity contribution < 1.29 is 18.3 Å². The highest BCUT2D eigenvalue weighted by Crippen LogP contribution is 2.44. The fraction of sp³-hybridized carbons (Fsp3) is 0.440. The summed E-state index contributed by atoms with van der Waals surface area (Å²) in [4.78, 5) is 21.0. The number of benzene rings is 1. The number of pyridine rings is 1. The van der Waals surface area contributed by atoms with E-state index in [9.17, 15) is 13.6 Å². The molecule has 1 N–H and O–H groups in total. The predicted molar refractivity (Wildman–Crippen MR) is 140 cm³/mol. The Bertz CT molecular complexity index is 1240.